The Balaban J connectivity index is 1.87. The molecule has 0 aromatic rings. The monoisotopic (exact) mass is 267 g/mol. The minimum atomic E-state index is -0.0668. The average molecular weight is 267 g/mol. The second-order valence-electron chi connectivity index (χ2n) is 7.33. The first-order valence-electron chi connectivity index (χ1n) is 7.90. The minimum absolute atomic E-state index is 0.0169. The zero-order valence-corrected chi connectivity index (χ0v) is 12.7. The number of ether oxygens (including phenoxy) is 1. The van der Waals surface area contributed by atoms with Gasteiger partial charge in [-0.15, -0.1) is 0 Å². The third kappa shape index (κ3) is 4.48. The second-order valence-corrected chi connectivity index (χ2v) is 7.33. The Morgan fingerprint density at radius 3 is 2.74 bits per heavy atom. The van der Waals surface area contributed by atoms with Gasteiger partial charge < -0.3 is 10.1 Å². The molecule has 110 valence electrons. The lowest BCUT2D eigenvalue weighted by atomic mass is 9.71. The maximum Gasteiger partial charge on any atom is 0.323 e. The van der Waals surface area contributed by atoms with Gasteiger partial charge in [-0.25, -0.2) is 0 Å². The van der Waals surface area contributed by atoms with Crippen molar-refractivity contribution in [3.8, 4) is 0 Å². The fourth-order valence-electron chi connectivity index (χ4n) is 3.82. The minimum Gasteiger partial charge on any atom is -0.461 e. The van der Waals surface area contributed by atoms with Crippen molar-refractivity contribution < 1.29 is 9.53 Å². The van der Waals surface area contributed by atoms with Gasteiger partial charge in [-0.2, -0.15) is 0 Å². The molecule has 0 spiro atoms. The highest BCUT2D eigenvalue weighted by Crippen LogP contribution is 2.39. The lowest BCUT2D eigenvalue weighted by Gasteiger charge is -2.38. The van der Waals surface area contributed by atoms with Crippen LogP contribution in [0.15, 0.2) is 0 Å². The molecule has 3 atom stereocenters. The first kappa shape index (κ1) is 14.8. The van der Waals surface area contributed by atoms with E-state index in [-0.39, 0.29) is 18.1 Å². The Labute approximate surface area is 117 Å². The molecule has 2 rings (SSSR count). The summed E-state index contributed by atoms with van der Waals surface area (Å²) in [6.07, 6.45) is 7.88. The maximum absolute atomic E-state index is 12.3. The van der Waals surface area contributed by atoms with Crippen molar-refractivity contribution in [2.75, 3.05) is 6.54 Å². The van der Waals surface area contributed by atoms with Gasteiger partial charge in [-0.1, -0.05) is 33.6 Å². The van der Waals surface area contributed by atoms with E-state index in [4.69, 9.17) is 4.74 Å². The normalized spacial score (nSPS) is 35.4. The highest BCUT2D eigenvalue weighted by Gasteiger charge is 2.35. The molecule has 1 saturated carbocycles. The first-order valence-corrected chi connectivity index (χ1v) is 7.90. The van der Waals surface area contributed by atoms with Crippen molar-refractivity contribution in [2.45, 2.75) is 77.9 Å². The van der Waals surface area contributed by atoms with E-state index in [1.54, 1.807) is 0 Å². The average Bonchev–Trinajstić information content (AvgIpc) is 2.54. The van der Waals surface area contributed by atoms with E-state index in [0.29, 0.717) is 11.3 Å². The Hall–Kier alpha value is -0.570. The lowest BCUT2D eigenvalue weighted by molar-refractivity contribution is -0.156. The van der Waals surface area contributed by atoms with Crippen molar-refractivity contribution >= 4 is 5.97 Å². The number of esters is 1. The fraction of sp³-hybridized carbons (Fsp3) is 0.938. The molecule has 3 unspecified atom stereocenters. The van der Waals surface area contributed by atoms with Crippen molar-refractivity contribution in [1.29, 1.82) is 0 Å². The molecule has 3 heteroatoms. The second kappa shape index (κ2) is 6.25. The van der Waals surface area contributed by atoms with Gasteiger partial charge in [0.15, 0.2) is 0 Å². The molecule has 2 fully saturated rings. The van der Waals surface area contributed by atoms with Crippen LogP contribution in [0, 0.1) is 11.3 Å². The van der Waals surface area contributed by atoms with Gasteiger partial charge in [0.2, 0.25) is 0 Å². The number of hydrogen-bond acceptors (Lipinski definition) is 3. The molecule has 1 N–H and O–H groups in total. The Morgan fingerprint density at radius 2 is 2.00 bits per heavy atom. The molecule has 0 aromatic heterocycles. The molecule has 1 aliphatic heterocycles. The highest BCUT2D eigenvalue weighted by atomic mass is 16.5. The number of carbonyl (C=O) groups is 1. The van der Waals surface area contributed by atoms with E-state index < -0.39 is 0 Å². The predicted molar refractivity (Wildman–Crippen MR) is 76.9 cm³/mol. The molecule has 0 amide bonds. The van der Waals surface area contributed by atoms with E-state index in [2.05, 4.69) is 26.1 Å². The van der Waals surface area contributed by atoms with E-state index in [1.165, 1.54) is 19.3 Å². The predicted octanol–water partition coefficient (Wildman–Crippen LogP) is 3.28. The number of rotatable bonds is 2. The smallest absolute Gasteiger partial charge is 0.323 e. The van der Waals surface area contributed by atoms with Gasteiger partial charge in [0, 0.05) is 0 Å². The molecular formula is C16H29NO2. The number of carbonyl (C=O) groups excluding carboxylic acids is 1. The van der Waals surface area contributed by atoms with E-state index in [9.17, 15) is 4.79 Å². The lowest BCUT2D eigenvalue weighted by Crippen LogP contribution is -2.41. The molecular weight excluding hydrogens is 238 g/mol. The zero-order chi connectivity index (χ0) is 13.9. The molecule has 0 radical (unpaired) electrons. The number of hydrogen-bond donors (Lipinski definition) is 1. The molecule has 3 nitrogen and oxygen atoms in total. The summed E-state index contributed by atoms with van der Waals surface area (Å²) in [6, 6.07) is -0.0668. The van der Waals surface area contributed by atoms with Crippen LogP contribution in [0.1, 0.15) is 65.7 Å². The van der Waals surface area contributed by atoms with Crippen LogP contribution in [0.5, 0.6) is 0 Å². The summed E-state index contributed by atoms with van der Waals surface area (Å²) in [4.78, 5) is 12.3. The van der Waals surface area contributed by atoms with Crippen LogP contribution in [-0.4, -0.2) is 24.7 Å². The molecule has 1 heterocycles. The summed E-state index contributed by atoms with van der Waals surface area (Å²) in [5.74, 6) is 0.639. The van der Waals surface area contributed by atoms with Crippen molar-refractivity contribution in [3.63, 3.8) is 0 Å². The molecule has 19 heavy (non-hydrogen) atoms. The highest BCUT2D eigenvalue weighted by molar-refractivity contribution is 5.76. The van der Waals surface area contributed by atoms with Gasteiger partial charge in [-0.05, 0) is 50.0 Å². The third-order valence-electron chi connectivity index (χ3n) is 4.47. The quantitative estimate of drug-likeness (QED) is 0.780. The zero-order valence-electron chi connectivity index (χ0n) is 12.7. The van der Waals surface area contributed by atoms with Gasteiger partial charge in [-0.3, -0.25) is 4.79 Å². The van der Waals surface area contributed by atoms with Crippen LogP contribution < -0.4 is 5.32 Å². The molecule has 1 aliphatic carbocycles. The van der Waals surface area contributed by atoms with Gasteiger partial charge >= 0.3 is 5.97 Å². The first-order chi connectivity index (χ1) is 8.96. The molecule has 2 aliphatic rings. The van der Waals surface area contributed by atoms with Crippen molar-refractivity contribution in [2.24, 2.45) is 11.3 Å². The summed E-state index contributed by atoms with van der Waals surface area (Å²) in [6.45, 7) is 7.79. The van der Waals surface area contributed by atoms with Gasteiger partial charge in [0.1, 0.15) is 12.1 Å². The van der Waals surface area contributed by atoms with E-state index in [0.717, 1.165) is 32.2 Å². The maximum atomic E-state index is 12.3. The molecule has 1 saturated heterocycles. The molecule has 0 bridgehead atoms. The van der Waals surface area contributed by atoms with Crippen LogP contribution in [0.2, 0.25) is 0 Å². The van der Waals surface area contributed by atoms with E-state index >= 15 is 0 Å². The Bertz CT molecular complexity index is 306. The van der Waals surface area contributed by atoms with E-state index in [1.807, 2.05) is 0 Å². The SMILES string of the molecule is CC1CC(OC(=O)C2CCCCCN2)CC(C)(C)C1. The topological polar surface area (TPSA) is 38.3 Å². The summed E-state index contributed by atoms with van der Waals surface area (Å²) in [7, 11) is 0. The Morgan fingerprint density at radius 1 is 1.21 bits per heavy atom. The molecule has 0 aromatic carbocycles. The van der Waals surface area contributed by atoms with Crippen LogP contribution in [0.3, 0.4) is 0 Å². The summed E-state index contributed by atoms with van der Waals surface area (Å²) >= 11 is 0. The number of nitrogens with one attached hydrogen (secondary N) is 1. The summed E-state index contributed by atoms with van der Waals surface area (Å²) in [5, 5.41) is 3.33. The summed E-state index contributed by atoms with van der Waals surface area (Å²) in [5.41, 5.74) is 0.305. The standard InChI is InChI=1S/C16H29NO2/c1-12-9-13(11-16(2,3)10-12)19-15(18)14-7-5-4-6-8-17-14/h12-14,17H,4-11H2,1-3H3. The van der Waals surface area contributed by atoms with Crippen molar-refractivity contribution in [3.05, 3.63) is 0 Å². The van der Waals surface area contributed by atoms with Gasteiger partial charge in [0.05, 0.1) is 0 Å². The summed E-state index contributed by atoms with van der Waals surface area (Å²) < 4.78 is 5.79. The van der Waals surface area contributed by atoms with Gasteiger partial charge in [0.25, 0.3) is 0 Å². The van der Waals surface area contributed by atoms with Crippen LogP contribution in [0.25, 0.3) is 0 Å². The van der Waals surface area contributed by atoms with Crippen LogP contribution in [-0.2, 0) is 9.53 Å². The fourth-order valence-corrected chi connectivity index (χ4v) is 3.82. The third-order valence-corrected chi connectivity index (χ3v) is 4.47. The van der Waals surface area contributed by atoms with Crippen LogP contribution in [0.4, 0.5) is 0 Å². The largest absolute Gasteiger partial charge is 0.461 e. The Kier molecular flexibility index (Phi) is 4.88. The van der Waals surface area contributed by atoms with Crippen molar-refractivity contribution in [1.82, 2.24) is 5.32 Å². The van der Waals surface area contributed by atoms with Crippen LogP contribution >= 0.6 is 0 Å².